The van der Waals surface area contributed by atoms with Crippen LogP contribution in [0.5, 0.6) is 0 Å². The van der Waals surface area contributed by atoms with Crippen molar-refractivity contribution < 1.29 is 19.6 Å². The van der Waals surface area contributed by atoms with Gasteiger partial charge in [0.1, 0.15) is 11.7 Å². The Morgan fingerprint density at radius 2 is 2.32 bits per heavy atom. The highest BCUT2D eigenvalue weighted by Crippen LogP contribution is 2.28. The van der Waals surface area contributed by atoms with E-state index in [0.29, 0.717) is 6.54 Å². The van der Waals surface area contributed by atoms with E-state index in [2.05, 4.69) is 15.2 Å². The van der Waals surface area contributed by atoms with E-state index in [1.165, 1.54) is 18.7 Å². The third-order valence-electron chi connectivity index (χ3n) is 2.56. The number of nitro groups is 1. The molecule has 106 valence electrons. The van der Waals surface area contributed by atoms with Gasteiger partial charge < -0.3 is 15.2 Å². The molecular weight excluding hydrogens is 256 g/mol. The topological polar surface area (TPSA) is 120 Å². The second-order valence-corrected chi connectivity index (χ2v) is 3.76. The van der Waals surface area contributed by atoms with Crippen molar-refractivity contribution in [2.75, 3.05) is 19.0 Å². The van der Waals surface area contributed by atoms with Gasteiger partial charge in [-0.05, 0) is 13.8 Å². The SMILES string of the molecule is CCn1nc(C)c([N+](=O)[O-])c1NC(CO)C(=O)OC. The molecule has 0 aliphatic heterocycles. The van der Waals surface area contributed by atoms with Gasteiger partial charge in [-0.1, -0.05) is 0 Å². The number of aryl methyl sites for hydroxylation is 2. The summed E-state index contributed by atoms with van der Waals surface area (Å²) < 4.78 is 5.86. The Balaban J connectivity index is 3.17. The summed E-state index contributed by atoms with van der Waals surface area (Å²) in [5, 5.41) is 26.7. The molecule has 0 radical (unpaired) electrons. The largest absolute Gasteiger partial charge is 0.467 e. The predicted octanol–water partition coefficient (Wildman–Crippen LogP) is 0.0654. The number of carbonyl (C=O) groups excluding carboxylic acids is 1. The fraction of sp³-hybridized carbons (Fsp3) is 0.600. The van der Waals surface area contributed by atoms with E-state index in [0.717, 1.165) is 0 Å². The lowest BCUT2D eigenvalue weighted by Crippen LogP contribution is -2.35. The Morgan fingerprint density at radius 3 is 2.74 bits per heavy atom. The number of ether oxygens (including phenoxy) is 1. The average Bonchev–Trinajstić information content (AvgIpc) is 2.70. The highest BCUT2D eigenvalue weighted by atomic mass is 16.6. The van der Waals surface area contributed by atoms with Crippen LogP contribution in [-0.2, 0) is 16.1 Å². The number of nitrogens with zero attached hydrogens (tertiary/aromatic N) is 3. The summed E-state index contributed by atoms with van der Waals surface area (Å²) in [6.07, 6.45) is 0. The summed E-state index contributed by atoms with van der Waals surface area (Å²) >= 11 is 0. The molecule has 19 heavy (non-hydrogen) atoms. The summed E-state index contributed by atoms with van der Waals surface area (Å²) in [4.78, 5) is 21.8. The number of nitrogens with one attached hydrogen (secondary N) is 1. The van der Waals surface area contributed by atoms with Crippen LogP contribution >= 0.6 is 0 Å². The number of esters is 1. The zero-order valence-electron chi connectivity index (χ0n) is 10.9. The molecule has 0 aliphatic carbocycles. The molecule has 0 amide bonds. The molecule has 0 saturated heterocycles. The zero-order valence-corrected chi connectivity index (χ0v) is 10.9. The van der Waals surface area contributed by atoms with Gasteiger partial charge in [0.15, 0.2) is 0 Å². The van der Waals surface area contributed by atoms with Gasteiger partial charge in [0.2, 0.25) is 5.82 Å². The molecule has 0 aliphatic rings. The van der Waals surface area contributed by atoms with Crippen LogP contribution in [0.4, 0.5) is 11.5 Å². The van der Waals surface area contributed by atoms with Gasteiger partial charge in [-0.2, -0.15) is 5.10 Å². The summed E-state index contributed by atoms with van der Waals surface area (Å²) in [5.41, 5.74) is 0.0140. The molecule has 0 aromatic carbocycles. The van der Waals surface area contributed by atoms with Crippen LogP contribution in [0.2, 0.25) is 0 Å². The molecule has 2 N–H and O–H groups in total. The standard InChI is InChI=1S/C10H16N4O5/c1-4-13-9(8(14(17)18)6(2)12-13)11-7(5-15)10(16)19-3/h7,11,15H,4-5H2,1-3H3. The van der Waals surface area contributed by atoms with Crippen LogP contribution in [0, 0.1) is 17.0 Å². The molecule has 1 aromatic rings. The second kappa shape index (κ2) is 6.14. The fourth-order valence-corrected chi connectivity index (χ4v) is 1.65. The van der Waals surface area contributed by atoms with E-state index in [9.17, 15) is 14.9 Å². The van der Waals surface area contributed by atoms with Gasteiger partial charge >= 0.3 is 11.7 Å². The molecule has 1 atom stereocenters. The Morgan fingerprint density at radius 1 is 1.68 bits per heavy atom. The molecule has 9 heteroatoms. The van der Waals surface area contributed by atoms with Crippen molar-refractivity contribution in [3.8, 4) is 0 Å². The number of anilines is 1. The van der Waals surface area contributed by atoms with Crippen LogP contribution in [0.15, 0.2) is 0 Å². The molecule has 0 fully saturated rings. The quantitative estimate of drug-likeness (QED) is 0.427. The third kappa shape index (κ3) is 2.99. The van der Waals surface area contributed by atoms with Crippen LogP contribution in [0.3, 0.4) is 0 Å². The molecule has 1 rings (SSSR count). The number of hydrogen-bond donors (Lipinski definition) is 2. The van der Waals surface area contributed by atoms with E-state index in [-0.39, 0.29) is 17.2 Å². The Kier molecular flexibility index (Phi) is 4.81. The van der Waals surface area contributed by atoms with Gasteiger partial charge in [0.25, 0.3) is 0 Å². The Bertz CT molecular complexity index is 485. The van der Waals surface area contributed by atoms with Gasteiger partial charge in [0.05, 0.1) is 18.6 Å². The monoisotopic (exact) mass is 272 g/mol. The first kappa shape index (κ1) is 14.9. The smallest absolute Gasteiger partial charge is 0.333 e. The molecule has 0 bridgehead atoms. The minimum absolute atomic E-state index is 0.0782. The molecular formula is C10H16N4O5. The molecule has 0 saturated carbocycles. The van der Waals surface area contributed by atoms with Crippen molar-refractivity contribution in [2.45, 2.75) is 26.4 Å². The summed E-state index contributed by atoms with van der Waals surface area (Å²) in [7, 11) is 1.17. The van der Waals surface area contributed by atoms with Crippen LogP contribution in [0.1, 0.15) is 12.6 Å². The van der Waals surface area contributed by atoms with E-state index in [1.807, 2.05) is 0 Å². The number of aromatic nitrogens is 2. The molecule has 9 nitrogen and oxygen atoms in total. The summed E-state index contributed by atoms with van der Waals surface area (Å²) in [6.45, 7) is 3.10. The Labute approximate surface area is 109 Å². The van der Waals surface area contributed by atoms with Gasteiger partial charge in [-0.3, -0.25) is 10.1 Å². The first-order valence-electron chi connectivity index (χ1n) is 5.63. The number of hydrogen-bond acceptors (Lipinski definition) is 7. The summed E-state index contributed by atoms with van der Waals surface area (Å²) in [6, 6.07) is -1.08. The average molecular weight is 272 g/mol. The van der Waals surface area contributed by atoms with E-state index >= 15 is 0 Å². The first-order valence-corrected chi connectivity index (χ1v) is 5.63. The van der Waals surface area contributed by atoms with Crippen molar-refractivity contribution in [3.05, 3.63) is 15.8 Å². The van der Waals surface area contributed by atoms with Crippen molar-refractivity contribution in [2.24, 2.45) is 0 Å². The van der Waals surface area contributed by atoms with E-state index in [4.69, 9.17) is 5.11 Å². The van der Waals surface area contributed by atoms with Gasteiger partial charge in [-0.25, -0.2) is 9.48 Å². The van der Waals surface area contributed by atoms with Crippen LogP contribution < -0.4 is 5.32 Å². The van der Waals surface area contributed by atoms with Crippen molar-refractivity contribution in [1.82, 2.24) is 9.78 Å². The number of carbonyl (C=O) groups is 1. The molecule has 0 spiro atoms. The number of rotatable bonds is 6. The van der Waals surface area contributed by atoms with E-state index in [1.54, 1.807) is 6.92 Å². The maximum Gasteiger partial charge on any atom is 0.333 e. The lowest BCUT2D eigenvalue weighted by atomic mass is 10.3. The van der Waals surface area contributed by atoms with Crippen molar-refractivity contribution in [3.63, 3.8) is 0 Å². The highest BCUT2D eigenvalue weighted by Gasteiger charge is 2.29. The molecule has 1 aromatic heterocycles. The first-order chi connectivity index (χ1) is 8.96. The number of methoxy groups -OCH3 is 1. The lowest BCUT2D eigenvalue weighted by Gasteiger charge is -2.15. The number of aliphatic hydroxyl groups excluding tert-OH is 1. The maximum atomic E-state index is 11.4. The molecule has 1 heterocycles. The minimum Gasteiger partial charge on any atom is -0.467 e. The van der Waals surface area contributed by atoms with Gasteiger partial charge in [0, 0.05) is 6.54 Å². The number of aliphatic hydroxyl groups is 1. The van der Waals surface area contributed by atoms with E-state index < -0.39 is 23.5 Å². The second-order valence-electron chi connectivity index (χ2n) is 3.76. The highest BCUT2D eigenvalue weighted by molar-refractivity contribution is 5.80. The van der Waals surface area contributed by atoms with Crippen LogP contribution in [0.25, 0.3) is 0 Å². The fourth-order valence-electron chi connectivity index (χ4n) is 1.65. The molecule has 1 unspecified atom stereocenters. The summed E-state index contributed by atoms with van der Waals surface area (Å²) in [5.74, 6) is -0.632. The van der Waals surface area contributed by atoms with Gasteiger partial charge in [-0.15, -0.1) is 0 Å². The zero-order chi connectivity index (χ0) is 14.6. The maximum absolute atomic E-state index is 11.4. The Hall–Kier alpha value is -2.16. The van der Waals surface area contributed by atoms with Crippen molar-refractivity contribution >= 4 is 17.5 Å². The third-order valence-corrected chi connectivity index (χ3v) is 2.56. The van der Waals surface area contributed by atoms with Crippen LogP contribution in [-0.4, -0.2) is 45.5 Å². The van der Waals surface area contributed by atoms with Crippen molar-refractivity contribution in [1.29, 1.82) is 0 Å². The lowest BCUT2D eigenvalue weighted by molar-refractivity contribution is -0.384. The minimum atomic E-state index is -1.08. The predicted molar refractivity (Wildman–Crippen MR) is 65.8 cm³/mol. The normalized spacial score (nSPS) is 12.0.